The summed E-state index contributed by atoms with van der Waals surface area (Å²) in [6.07, 6.45) is 2.49. The molecule has 0 spiro atoms. The number of ketones is 1. The second-order valence-electron chi connectivity index (χ2n) is 3.63. The molecule has 0 fully saturated rings. The van der Waals surface area contributed by atoms with E-state index in [1.807, 2.05) is 0 Å². The van der Waals surface area contributed by atoms with Crippen LogP contribution in [0.4, 0.5) is 0 Å². The van der Waals surface area contributed by atoms with Gasteiger partial charge in [0.1, 0.15) is 5.78 Å². The molecule has 0 saturated heterocycles. The molecular weight excluding hydrogens is 138 g/mol. The highest BCUT2D eigenvalue weighted by Gasteiger charge is 2.05. The van der Waals surface area contributed by atoms with Crippen molar-refractivity contribution in [3.8, 4) is 0 Å². The lowest BCUT2D eigenvalue weighted by Crippen LogP contribution is -2.22. The van der Waals surface area contributed by atoms with Gasteiger partial charge >= 0.3 is 0 Å². The maximum Gasteiger partial charge on any atom is 0.129 e. The van der Waals surface area contributed by atoms with Crippen molar-refractivity contribution in [2.24, 2.45) is 11.7 Å². The summed E-state index contributed by atoms with van der Waals surface area (Å²) in [6, 6.07) is 0.207. The molecule has 2 heteroatoms. The van der Waals surface area contributed by atoms with Crippen molar-refractivity contribution < 1.29 is 4.79 Å². The lowest BCUT2D eigenvalue weighted by Gasteiger charge is -2.12. The Labute approximate surface area is 69.2 Å². The van der Waals surface area contributed by atoms with Gasteiger partial charge in [0.05, 0.1) is 0 Å². The first-order valence-corrected chi connectivity index (χ1v) is 4.27. The van der Waals surface area contributed by atoms with Gasteiger partial charge in [0.15, 0.2) is 0 Å². The number of rotatable bonds is 5. The Bertz CT molecular complexity index is 121. The quantitative estimate of drug-likeness (QED) is 0.660. The molecular formula is C9H19NO. The van der Waals surface area contributed by atoms with Crippen molar-refractivity contribution in [2.45, 2.75) is 46.1 Å². The van der Waals surface area contributed by atoms with Crippen LogP contribution in [-0.2, 0) is 4.79 Å². The third-order valence-corrected chi connectivity index (χ3v) is 1.64. The predicted octanol–water partition coefficient (Wildman–Crippen LogP) is 1.73. The summed E-state index contributed by atoms with van der Waals surface area (Å²) in [6.45, 7) is 5.91. The molecule has 0 aliphatic carbocycles. The van der Waals surface area contributed by atoms with Gasteiger partial charge in [-0.3, -0.25) is 0 Å². The highest BCUT2D eigenvalue weighted by Crippen LogP contribution is 2.07. The van der Waals surface area contributed by atoms with Crippen LogP contribution < -0.4 is 5.73 Å². The summed E-state index contributed by atoms with van der Waals surface area (Å²) in [5.74, 6) is 0.876. The Kier molecular flexibility index (Phi) is 5.12. The molecule has 0 rings (SSSR count). The van der Waals surface area contributed by atoms with Crippen LogP contribution in [0.25, 0.3) is 0 Å². The zero-order valence-corrected chi connectivity index (χ0v) is 7.76. The SMILES string of the molecule is CC(=O)CCC(N)CC(C)C. The number of hydrogen-bond acceptors (Lipinski definition) is 2. The van der Waals surface area contributed by atoms with E-state index >= 15 is 0 Å². The van der Waals surface area contributed by atoms with Gasteiger partial charge in [-0.15, -0.1) is 0 Å². The van der Waals surface area contributed by atoms with Gasteiger partial charge in [-0.2, -0.15) is 0 Å². The Morgan fingerprint density at radius 3 is 2.36 bits per heavy atom. The van der Waals surface area contributed by atoms with Crippen LogP contribution in [0.15, 0.2) is 0 Å². The monoisotopic (exact) mass is 157 g/mol. The molecule has 0 heterocycles. The predicted molar refractivity (Wildman–Crippen MR) is 47.3 cm³/mol. The average molecular weight is 157 g/mol. The van der Waals surface area contributed by atoms with Crippen molar-refractivity contribution in [3.05, 3.63) is 0 Å². The fourth-order valence-electron chi connectivity index (χ4n) is 1.11. The van der Waals surface area contributed by atoms with Crippen molar-refractivity contribution in [1.29, 1.82) is 0 Å². The minimum absolute atomic E-state index is 0.207. The molecule has 0 aliphatic heterocycles. The van der Waals surface area contributed by atoms with E-state index in [9.17, 15) is 4.79 Å². The standard InChI is InChI=1S/C9H19NO/c1-7(2)6-9(10)5-4-8(3)11/h7,9H,4-6,10H2,1-3H3. The second kappa shape index (κ2) is 5.30. The molecule has 2 N–H and O–H groups in total. The Morgan fingerprint density at radius 1 is 1.45 bits per heavy atom. The molecule has 2 nitrogen and oxygen atoms in total. The summed E-state index contributed by atoms with van der Waals surface area (Å²) in [5, 5.41) is 0. The lowest BCUT2D eigenvalue weighted by atomic mass is 10.00. The molecule has 11 heavy (non-hydrogen) atoms. The van der Waals surface area contributed by atoms with Crippen LogP contribution in [0.5, 0.6) is 0 Å². The normalized spacial score (nSPS) is 13.5. The summed E-state index contributed by atoms with van der Waals surface area (Å²) in [5.41, 5.74) is 5.77. The summed E-state index contributed by atoms with van der Waals surface area (Å²) in [4.78, 5) is 10.6. The summed E-state index contributed by atoms with van der Waals surface area (Å²) in [7, 11) is 0. The molecule has 0 aromatic heterocycles. The van der Waals surface area contributed by atoms with Gasteiger partial charge in [-0.25, -0.2) is 0 Å². The molecule has 0 saturated carbocycles. The van der Waals surface area contributed by atoms with E-state index in [2.05, 4.69) is 13.8 Å². The zero-order chi connectivity index (χ0) is 8.85. The van der Waals surface area contributed by atoms with Gasteiger partial charge < -0.3 is 10.5 Å². The van der Waals surface area contributed by atoms with Crippen molar-refractivity contribution in [2.75, 3.05) is 0 Å². The number of hydrogen-bond donors (Lipinski definition) is 1. The van der Waals surface area contributed by atoms with E-state index in [1.54, 1.807) is 6.92 Å². The number of nitrogens with two attached hydrogens (primary N) is 1. The molecule has 0 amide bonds. The van der Waals surface area contributed by atoms with Gasteiger partial charge in [0.2, 0.25) is 0 Å². The second-order valence-corrected chi connectivity index (χ2v) is 3.63. The van der Waals surface area contributed by atoms with Gasteiger partial charge in [0.25, 0.3) is 0 Å². The maximum atomic E-state index is 10.6. The lowest BCUT2D eigenvalue weighted by molar-refractivity contribution is -0.117. The largest absolute Gasteiger partial charge is 0.328 e. The minimum Gasteiger partial charge on any atom is -0.328 e. The highest BCUT2D eigenvalue weighted by molar-refractivity contribution is 5.75. The van der Waals surface area contributed by atoms with E-state index in [4.69, 9.17) is 5.73 Å². The van der Waals surface area contributed by atoms with E-state index in [0.717, 1.165) is 12.8 Å². The molecule has 0 bridgehead atoms. The van der Waals surface area contributed by atoms with Crippen LogP contribution in [0.1, 0.15) is 40.0 Å². The Morgan fingerprint density at radius 2 is 2.00 bits per heavy atom. The fourth-order valence-corrected chi connectivity index (χ4v) is 1.11. The molecule has 1 atom stereocenters. The molecule has 0 aromatic rings. The summed E-state index contributed by atoms with van der Waals surface area (Å²) < 4.78 is 0. The Hall–Kier alpha value is -0.370. The maximum absolute atomic E-state index is 10.6. The first-order chi connectivity index (χ1) is 5.02. The molecule has 0 aliphatic rings. The van der Waals surface area contributed by atoms with E-state index < -0.39 is 0 Å². The van der Waals surface area contributed by atoms with Crippen LogP contribution in [0, 0.1) is 5.92 Å². The number of carbonyl (C=O) groups is 1. The highest BCUT2D eigenvalue weighted by atomic mass is 16.1. The summed E-state index contributed by atoms with van der Waals surface area (Å²) >= 11 is 0. The third kappa shape index (κ3) is 7.53. The van der Waals surface area contributed by atoms with Crippen LogP contribution in [0.3, 0.4) is 0 Å². The first kappa shape index (κ1) is 10.6. The smallest absolute Gasteiger partial charge is 0.129 e. The zero-order valence-electron chi connectivity index (χ0n) is 7.76. The van der Waals surface area contributed by atoms with Gasteiger partial charge in [-0.05, 0) is 25.7 Å². The van der Waals surface area contributed by atoms with Crippen LogP contribution in [-0.4, -0.2) is 11.8 Å². The van der Waals surface area contributed by atoms with E-state index in [-0.39, 0.29) is 11.8 Å². The van der Waals surface area contributed by atoms with Crippen LogP contribution in [0.2, 0.25) is 0 Å². The molecule has 66 valence electrons. The van der Waals surface area contributed by atoms with Crippen LogP contribution >= 0.6 is 0 Å². The van der Waals surface area contributed by atoms with Crippen molar-refractivity contribution in [3.63, 3.8) is 0 Å². The minimum atomic E-state index is 0.207. The average Bonchev–Trinajstić information content (AvgIpc) is 1.82. The van der Waals surface area contributed by atoms with Crippen molar-refractivity contribution in [1.82, 2.24) is 0 Å². The van der Waals surface area contributed by atoms with Gasteiger partial charge in [-0.1, -0.05) is 13.8 Å². The molecule has 1 unspecified atom stereocenters. The Balaban J connectivity index is 3.37. The fraction of sp³-hybridized carbons (Fsp3) is 0.889. The molecule has 0 aromatic carbocycles. The van der Waals surface area contributed by atoms with E-state index in [1.165, 1.54) is 0 Å². The van der Waals surface area contributed by atoms with Crippen molar-refractivity contribution >= 4 is 5.78 Å². The third-order valence-electron chi connectivity index (χ3n) is 1.64. The topological polar surface area (TPSA) is 43.1 Å². The van der Waals surface area contributed by atoms with Gasteiger partial charge in [0, 0.05) is 12.5 Å². The molecule has 0 radical (unpaired) electrons. The van der Waals surface area contributed by atoms with E-state index in [0.29, 0.717) is 12.3 Å². The first-order valence-electron chi connectivity index (χ1n) is 4.27. The number of carbonyl (C=O) groups excluding carboxylic acids is 1. The number of Topliss-reactive ketones (excluding diaryl/α,β-unsaturated/α-hetero) is 1.